The number of rotatable bonds is 2. The highest BCUT2D eigenvalue weighted by molar-refractivity contribution is 9.11. The summed E-state index contributed by atoms with van der Waals surface area (Å²) in [6.45, 7) is 0. The Hall–Kier alpha value is -1.23. The molecule has 0 aliphatic carbocycles. The van der Waals surface area contributed by atoms with Crippen LogP contribution in [-0.4, -0.2) is 9.97 Å². The van der Waals surface area contributed by atoms with Crippen LogP contribution in [0, 0.1) is 0 Å². The molecule has 0 fully saturated rings. The van der Waals surface area contributed by atoms with Crippen molar-refractivity contribution in [3.05, 3.63) is 57.5 Å². The highest BCUT2D eigenvalue weighted by Crippen LogP contribution is 2.36. The van der Waals surface area contributed by atoms with Crippen molar-refractivity contribution < 1.29 is 0 Å². The second-order valence-corrected chi connectivity index (χ2v) is 6.62. The van der Waals surface area contributed by atoms with Crippen LogP contribution >= 0.6 is 38.9 Å². The van der Waals surface area contributed by atoms with Gasteiger partial charge < -0.3 is 0 Å². The SMILES string of the molecule is Clc1ccc(-c2nc(-c3ccccn3)c(Br)s2)cc1. The van der Waals surface area contributed by atoms with E-state index in [0.717, 1.165) is 30.8 Å². The lowest BCUT2D eigenvalue weighted by atomic mass is 10.2. The van der Waals surface area contributed by atoms with Gasteiger partial charge in [-0.15, -0.1) is 11.3 Å². The van der Waals surface area contributed by atoms with Gasteiger partial charge in [0.2, 0.25) is 0 Å². The van der Waals surface area contributed by atoms with Gasteiger partial charge in [-0.1, -0.05) is 29.8 Å². The summed E-state index contributed by atoms with van der Waals surface area (Å²) in [7, 11) is 0. The van der Waals surface area contributed by atoms with E-state index in [1.54, 1.807) is 17.5 Å². The zero-order valence-corrected chi connectivity index (χ0v) is 12.8. The molecule has 0 spiro atoms. The fourth-order valence-corrected chi connectivity index (χ4v) is 3.36. The molecule has 3 rings (SSSR count). The van der Waals surface area contributed by atoms with Gasteiger partial charge in [-0.2, -0.15) is 0 Å². The van der Waals surface area contributed by atoms with Gasteiger partial charge in [-0.3, -0.25) is 4.98 Å². The van der Waals surface area contributed by atoms with Crippen molar-refractivity contribution in [3.63, 3.8) is 0 Å². The minimum Gasteiger partial charge on any atom is -0.255 e. The lowest BCUT2D eigenvalue weighted by Crippen LogP contribution is -1.83. The van der Waals surface area contributed by atoms with Gasteiger partial charge in [0.25, 0.3) is 0 Å². The third-order valence-corrected chi connectivity index (χ3v) is 4.59. The Morgan fingerprint density at radius 1 is 1.05 bits per heavy atom. The van der Waals surface area contributed by atoms with E-state index in [1.807, 2.05) is 42.5 Å². The number of halogens is 2. The Bertz CT molecular complexity index is 695. The van der Waals surface area contributed by atoms with Crippen molar-refractivity contribution in [2.45, 2.75) is 0 Å². The number of aromatic nitrogens is 2. The Kier molecular flexibility index (Phi) is 3.64. The number of hydrogen-bond acceptors (Lipinski definition) is 3. The predicted octanol–water partition coefficient (Wildman–Crippen LogP) is 5.29. The standard InChI is InChI=1S/C14H8BrClN2S/c15-13-12(11-3-1-2-8-17-11)18-14(19-13)9-4-6-10(16)7-5-9/h1-8H. The molecule has 3 aromatic rings. The minimum atomic E-state index is 0.726. The number of thiazole rings is 1. The van der Waals surface area contributed by atoms with Crippen molar-refractivity contribution in [1.82, 2.24) is 9.97 Å². The molecule has 1 aromatic carbocycles. The quantitative estimate of drug-likeness (QED) is 0.627. The summed E-state index contributed by atoms with van der Waals surface area (Å²) in [5.41, 5.74) is 2.79. The summed E-state index contributed by atoms with van der Waals surface area (Å²) < 4.78 is 0.983. The molecular weight excluding hydrogens is 344 g/mol. The molecule has 94 valence electrons. The van der Waals surface area contributed by atoms with Crippen molar-refractivity contribution in [3.8, 4) is 22.0 Å². The van der Waals surface area contributed by atoms with E-state index in [1.165, 1.54) is 0 Å². The molecule has 0 saturated carbocycles. The average molecular weight is 352 g/mol. The van der Waals surface area contributed by atoms with Crippen LogP contribution in [0.4, 0.5) is 0 Å². The molecule has 0 amide bonds. The normalized spacial score (nSPS) is 10.6. The molecule has 2 heterocycles. The van der Waals surface area contributed by atoms with Crippen LogP contribution in [0.2, 0.25) is 5.02 Å². The summed E-state index contributed by atoms with van der Waals surface area (Å²) in [4.78, 5) is 8.97. The second-order valence-electron chi connectivity index (χ2n) is 3.86. The number of pyridine rings is 1. The maximum atomic E-state index is 5.90. The first-order valence-corrected chi connectivity index (χ1v) is 7.56. The Morgan fingerprint density at radius 3 is 2.53 bits per heavy atom. The van der Waals surface area contributed by atoms with E-state index in [-0.39, 0.29) is 0 Å². The molecule has 0 aliphatic heterocycles. The first kappa shape index (κ1) is 12.8. The van der Waals surface area contributed by atoms with Crippen LogP contribution in [0.1, 0.15) is 0 Å². The average Bonchev–Trinajstić information content (AvgIpc) is 2.83. The summed E-state index contributed by atoms with van der Waals surface area (Å²) in [6, 6.07) is 13.5. The van der Waals surface area contributed by atoms with Crippen LogP contribution in [-0.2, 0) is 0 Å². The summed E-state index contributed by atoms with van der Waals surface area (Å²) >= 11 is 11.0. The minimum absolute atomic E-state index is 0.726. The molecule has 19 heavy (non-hydrogen) atoms. The summed E-state index contributed by atoms with van der Waals surface area (Å²) in [6.07, 6.45) is 1.77. The first-order valence-electron chi connectivity index (χ1n) is 5.58. The fraction of sp³-hybridized carbons (Fsp3) is 0. The van der Waals surface area contributed by atoms with E-state index in [4.69, 9.17) is 11.6 Å². The molecule has 0 N–H and O–H groups in total. The van der Waals surface area contributed by atoms with Crippen molar-refractivity contribution in [2.24, 2.45) is 0 Å². The van der Waals surface area contributed by atoms with Crippen LogP contribution < -0.4 is 0 Å². The van der Waals surface area contributed by atoms with Gasteiger partial charge in [0, 0.05) is 16.8 Å². The zero-order chi connectivity index (χ0) is 13.2. The van der Waals surface area contributed by atoms with Gasteiger partial charge in [-0.05, 0) is 40.2 Å². The highest BCUT2D eigenvalue weighted by Gasteiger charge is 2.13. The Balaban J connectivity index is 2.04. The van der Waals surface area contributed by atoms with Crippen molar-refractivity contribution in [2.75, 3.05) is 0 Å². The molecule has 0 radical (unpaired) electrons. The largest absolute Gasteiger partial charge is 0.255 e. The van der Waals surface area contributed by atoms with E-state index in [9.17, 15) is 0 Å². The van der Waals surface area contributed by atoms with Gasteiger partial charge in [0.05, 0.1) is 9.48 Å². The van der Waals surface area contributed by atoms with Crippen molar-refractivity contribution >= 4 is 38.9 Å². The predicted molar refractivity (Wildman–Crippen MR) is 83.5 cm³/mol. The molecule has 2 nitrogen and oxygen atoms in total. The van der Waals surface area contributed by atoms with Crippen LogP contribution in [0.5, 0.6) is 0 Å². The van der Waals surface area contributed by atoms with E-state index in [0.29, 0.717) is 0 Å². The third kappa shape index (κ3) is 2.71. The van der Waals surface area contributed by atoms with Gasteiger partial charge >= 0.3 is 0 Å². The lowest BCUT2D eigenvalue weighted by molar-refractivity contribution is 1.28. The molecule has 0 unspecified atom stereocenters. The molecule has 0 atom stereocenters. The Labute approximate surface area is 128 Å². The van der Waals surface area contributed by atoms with Crippen LogP contribution in [0.3, 0.4) is 0 Å². The monoisotopic (exact) mass is 350 g/mol. The molecular formula is C14H8BrClN2S. The van der Waals surface area contributed by atoms with E-state index < -0.39 is 0 Å². The number of nitrogens with zero attached hydrogens (tertiary/aromatic N) is 2. The van der Waals surface area contributed by atoms with Gasteiger partial charge in [0.15, 0.2) is 0 Å². The molecule has 0 aliphatic rings. The first-order chi connectivity index (χ1) is 9.24. The van der Waals surface area contributed by atoms with E-state index >= 15 is 0 Å². The molecule has 0 bridgehead atoms. The highest BCUT2D eigenvalue weighted by atomic mass is 79.9. The molecule has 5 heteroatoms. The number of hydrogen-bond donors (Lipinski definition) is 0. The van der Waals surface area contributed by atoms with E-state index in [2.05, 4.69) is 25.9 Å². The Morgan fingerprint density at radius 2 is 1.84 bits per heavy atom. The molecule has 2 aromatic heterocycles. The topological polar surface area (TPSA) is 25.8 Å². The van der Waals surface area contributed by atoms with Crippen molar-refractivity contribution in [1.29, 1.82) is 0 Å². The lowest BCUT2D eigenvalue weighted by Gasteiger charge is -1.96. The van der Waals surface area contributed by atoms with Gasteiger partial charge in [0.1, 0.15) is 10.7 Å². The van der Waals surface area contributed by atoms with Gasteiger partial charge in [-0.25, -0.2) is 4.98 Å². The smallest absolute Gasteiger partial charge is 0.125 e. The maximum Gasteiger partial charge on any atom is 0.125 e. The fourth-order valence-electron chi connectivity index (χ4n) is 1.68. The summed E-state index contributed by atoms with van der Waals surface area (Å²) in [5, 5.41) is 1.67. The summed E-state index contributed by atoms with van der Waals surface area (Å²) in [5.74, 6) is 0. The third-order valence-electron chi connectivity index (χ3n) is 2.58. The molecule has 0 saturated heterocycles. The second kappa shape index (κ2) is 5.41. The van der Waals surface area contributed by atoms with Crippen LogP contribution in [0.15, 0.2) is 52.4 Å². The maximum absolute atomic E-state index is 5.90. The zero-order valence-electron chi connectivity index (χ0n) is 9.68. The number of benzene rings is 1. The van der Waals surface area contributed by atoms with Crippen LogP contribution in [0.25, 0.3) is 22.0 Å².